The third kappa shape index (κ3) is 1.92. The number of hydrogen-bond acceptors (Lipinski definition) is 1. The van der Waals surface area contributed by atoms with E-state index in [-0.39, 0.29) is 0 Å². The van der Waals surface area contributed by atoms with E-state index in [0.29, 0.717) is 11.8 Å². The van der Waals surface area contributed by atoms with Gasteiger partial charge in [0, 0.05) is 11.3 Å². The summed E-state index contributed by atoms with van der Waals surface area (Å²) in [6.07, 6.45) is 0. The van der Waals surface area contributed by atoms with Gasteiger partial charge in [0.15, 0.2) is 0 Å². The van der Waals surface area contributed by atoms with Crippen molar-refractivity contribution in [3.8, 4) is 0 Å². The summed E-state index contributed by atoms with van der Waals surface area (Å²) in [4.78, 5) is 0. The first-order valence-electron chi connectivity index (χ1n) is 5.61. The van der Waals surface area contributed by atoms with Crippen molar-refractivity contribution in [1.82, 2.24) is 0 Å². The molecule has 1 heteroatoms. The molecule has 15 heavy (non-hydrogen) atoms. The Morgan fingerprint density at radius 2 is 1.67 bits per heavy atom. The Labute approximate surface area is 91.1 Å². The Kier molecular flexibility index (Phi) is 2.56. The van der Waals surface area contributed by atoms with Crippen LogP contribution in [-0.4, -0.2) is 0 Å². The van der Waals surface area contributed by atoms with Gasteiger partial charge in [-0.2, -0.15) is 0 Å². The molecule has 0 atom stereocenters. The summed E-state index contributed by atoms with van der Waals surface area (Å²) in [7, 11) is 0. The molecule has 0 unspecified atom stereocenters. The molecule has 0 radical (unpaired) electrons. The molecule has 0 aliphatic heterocycles. The zero-order valence-electron chi connectivity index (χ0n) is 9.87. The van der Waals surface area contributed by atoms with Crippen molar-refractivity contribution in [3.05, 3.63) is 35.6 Å². The van der Waals surface area contributed by atoms with Crippen LogP contribution in [0.25, 0.3) is 11.0 Å². The first-order valence-corrected chi connectivity index (χ1v) is 5.61. The Morgan fingerprint density at radius 3 is 2.27 bits per heavy atom. The van der Waals surface area contributed by atoms with Crippen molar-refractivity contribution >= 4 is 11.0 Å². The average molecular weight is 202 g/mol. The molecule has 1 nitrogen and oxygen atoms in total. The van der Waals surface area contributed by atoms with Crippen LogP contribution in [-0.2, 0) is 0 Å². The predicted molar refractivity (Wildman–Crippen MR) is 64.4 cm³/mol. The monoisotopic (exact) mass is 202 g/mol. The second-order valence-corrected chi connectivity index (χ2v) is 4.76. The lowest BCUT2D eigenvalue weighted by Gasteiger charge is -2.03. The molecule has 0 saturated heterocycles. The zero-order valence-corrected chi connectivity index (χ0v) is 9.87. The smallest absolute Gasteiger partial charge is 0.134 e. The largest absolute Gasteiger partial charge is 0.461 e. The average Bonchev–Trinajstić information content (AvgIpc) is 2.59. The minimum atomic E-state index is 0.458. The molecule has 0 N–H and O–H groups in total. The SMILES string of the molecule is CC(C)c1ccc2oc(C(C)C)cc2c1. The summed E-state index contributed by atoms with van der Waals surface area (Å²) in [5.74, 6) is 2.11. The van der Waals surface area contributed by atoms with Crippen LogP contribution in [0.3, 0.4) is 0 Å². The maximum absolute atomic E-state index is 5.76. The first kappa shape index (κ1) is 10.3. The van der Waals surface area contributed by atoms with E-state index in [9.17, 15) is 0 Å². The van der Waals surface area contributed by atoms with Gasteiger partial charge in [-0.15, -0.1) is 0 Å². The van der Waals surface area contributed by atoms with Gasteiger partial charge >= 0.3 is 0 Å². The second kappa shape index (κ2) is 3.73. The minimum absolute atomic E-state index is 0.458. The maximum Gasteiger partial charge on any atom is 0.134 e. The lowest BCUT2D eigenvalue weighted by molar-refractivity contribution is 0.521. The third-order valence-corrected chi connectivity index (χ3v) is 2.80. The summed E-state index contributed by atoms with van der Waals surface area (Å²) in [5, 5.41) is 1.23. The van der Waals surface area contributed by atoms with Gasteiger partial charge in [-0.1, -0.05) is 33.8 Å². The van der Waals surface area contributed by atoms with E-state index in [1.54, 1.807) is 0 Å². The molecule has 2 rings (SSSR count). The van der Waals surface area contributed by atoms with Crippen LogP contribution < -0.4 is 0 Å². The van der Waals surface area contributed by atoms with Gasteiger partial charge in [0.2, 0.25) is 0 Å². The van der Waals surface area contributed by atoms with Gasteiger partial charge in [-0.05, 0) is 29.7 Å². The highest BCUT2D eigenvalue weighted by Gasteiger charge is 2.08. The Balaban J connectivity index is 2.52. The fourth-order valence-corrected chi connectivity index (χ4v) is 1.73. The van der Waals surface area contributed by atoms with E-state index < -0.39 is 0 Å². The topological polar surface area (TPSA) is 13.1 Å². The lowest BCUT2D eigenvalue weighted by atomic mass is 10.0. The van der Waals surface area contributed by atoms with Crippen molar-refractivity contribution in [3.63, 3.8) is 0 Å². The molecular formula is C14H18O. The van der Waals surface area contributed by atoms with Gasteiger partial charge in [0.05, 0.1) is 0 Å². The number of benzene rings is 1. The molecule has 0 spiro atoms. The van der Waals surface area contributed by atoms with Crippen molar-refractivity contribution in [2.45, 2.75) is 39.5 Å². The second-order valence-electron chi connectivity index (χ2n) is 4.76. The van der Waals surface area contributed by atoms with Crippen LogP contribution >= 0.6 is 0 Å². The van der Waals surface area contributed by atoms with Crippen molar-refractivity contribution < 1.29 is 4.42 Å². The first-order chi connectivity index (χ1) is 7.08. The Bertz CT molecular complexity index is 457. The van der Waals surface area contributed by atoms with Gasteiger partial charge in [-0.25, -0.2) is 0 Å². The predicted octanol–water partition coefficient (Wildman–Crippen LogP) is 4.68. The molecule has 0 aliphatic rings. The highest BCUT2D eigenvalue weighted by Crippen LogP contribution is 2.27. The number of furan rings is 1. The zero-order chi connectivity index (χ0) is 11.0. The summed E-state index contributed by atoms with van der Waals surface area (Å²) < 4.78 is 5.76. The van der Waals surface area contributed by atoms with E-state index in [1.807, 2.05) is 0 Å². The Hall–Kier alpha value is -1.24. The molecule has 0 amide bonds. The molecule has 2 aromatic rings. The lowest BCUT2D eigenvalue weighted by Crippen LogP contribution is -1.84. The van der Waals surface area contributed by atoms with Gasteiger partial charge in [0.1, 0.15) is 11.3 Å². The summed E-state index contributed by atoms with van der Waals surface area (Å²) in [5.41, 5.74) is 2.38. The van der Waals surface area contributed by atoms with E-state index in [0.717, 1.165) is 11.3 Å². The van der Waals surface area contributed by atoms with E-state index in [1.165, 1.54) is 10.9 Å². The van der Waals surface area contributed by atoms with Crippen LogP contribution in [0.2, 0.25) is 0 Å². The molecule has 1 aromatic heterocycles. The van der Waals surface area contributed by atoms with E-state index in [4.69, 9.17) is 4.42 Å². The summed E-state index contributed by atoms with van der Waals surface area (Å²) in [6.45, 7) is 8.73. The number of hydrogen-bond donors (Lipinski definition) is 0. The highest BCUT2D eigenvalue weighted by molar-refractivity contribution is 5.79. The Morgan fingerprint density at radius 1 is 0.933 bits per heavy atom. The van der Waals surface area contributed by atoms with E-state index in [2.05, 4.69) is 52.0 Å². The molecule has 0 bridgehead atoms. The van der Waals surface area contributed by atoms with Crippen LogP contribution in [0.5, 0.6) is 0 Å². The fraction of sp³-hybridized carbons (Fsp3) is 0.429. The standard InChI is InChI=1S/C14H18O/c1-9(2)11-5-6-13-12(7-11)8-14(15-13)10(3)4/h5-10H,1-4H3. The molecule has 0 saturated carbocycles. The summed E-state index contributed by atoms with van der Waals surface area (Å²) >= 11 is 0. The molecular weight excluding hydrogens is 184 g/mol. The molecule has 80 valence electrons. The molecule has 1 aromatic carbocycles. The number of rotatable bonds is 2. The van der Waals surface area contributed by atoms with Crippen LogP contribution in [0, 0.1) is 0 Å². The number of fused-ring (bicyclic) bond motifs is 1. The normalized spacial score (nSPS) is 11.9. The molecule has 1 heterocycles. The quantitative estimate of drug-likeness (QED) is 0.689. The summed E-state index contributed by atoms with van der Waals surface area (Å²) in [6, 6.07) is 8.62. The van der Waals surface area contributed by atoms with Crippen molar-refractivity contribution in [2.75, 3.05) is 0 Å². The van der Waals surface area contributed by atoms with Crippen molar-refractivity contribution in [1.29, 1.82) is 0 Å². The minimum Gasteiger partial charge on any atom is -0.461 e. The van der Waals surface area contributed by atoms with E-state index >= 15 is 0 Å². The van der Waals surface area contributed by atoms with Crippen LogP contribution in [0.1, 0.15) is 50.9 Å². The molecule has 0 aliphatic carbocycles. The van der Waals surface area contributed by atoms with Gasteiger partial charge in [-0.3, -0.25) is 0 Å². The van der Waals surface area contributed by atoms with Crippen LogP contribution in [0.4, 0.5) is 0 Å². The van der Waals surface area contributed by atoms with Gasteiger partial charge < -0.3 is 4.42 Å². The highest BCUT2D eigenvalue weighted by atomic mass is 16.3. The fourth-order valence-electron chi connectivity index (χ4n) is 1.73. The van der Waals surface area contributed by atoms with Crippen LogP contribution in [0.15, 0.2) is 28.7 Å². The van der Waals surface area contributed by atoms with Gasteiger partial charge in [0.25, 0.3) is 0 Å². The molecule has 0 fully saturated rings. The maximum atomic E-state index is 5.76. The van der Waals surface area contributed by atoms with Crippen molar-refractivity contribution in [2.24, 2.45) is 0 Å². The third-order valence-electron chi connectivity index (χ3n) is 2.80.